The Kier molecular flexibility index (Phi) is 4.05. The molecule has 0 aromatic rings. The van der Waals surface area contributed by atoms with E-state index >= 15 is 0 Å². The fraction of sp³-hybridized carbons (Fsp3) is 0.947. The first-order chi connectivity index (χ1) is 10.9. The van der Waals surface area contributed by atoms with Crippen molar-refractivity contribution in [3.63, 3.8) is 0 Å². The number of esters is 1. The monoisotopic (exact) mass is 346 g/mol. The summed E-state index contributed by atoms with van der Waals surface area (Å²) in [6.45, 7) is 6.03. The van der Waals surface area contributed by atoms with E-state index in [1.54, 1.807) is 0 Å². The lowest BCUT2D eigenvalue weighted by molar-refractivity contribution is -0.249. The van der Waals surface area contributed by atoms with E-state index in [0.717, 1.165) is 26.2 Å². The van der Waals surface area contributed by atoms with E-state index in [4.69, 9.17) is 4.74 Å². The van der Waals surface area contributed by atoms with Crippen LogP contribution in [0.2, 0.25) is 0 Å². The fourth-order valence-electron chi connectivity index (χ4n) is 5.76. The maximum atomic E-state index is 13.4. The van der Waals surface area contributed by atoms with Gasteiger partial charge in [0.1, 0.15) is 5.60 Å². The molecule has 24 heavy (non-hydrogen) atoms. The van der Waals surface area contributed by atoms with Gasteiger partial charge in [-0.05, 0) is 83.5 Å². The fourth-order valence-corrected chi connectivity index (χ4v) is 5.76. The molecular weight excluding hydrogens is 317 g/mol. The molecule has 4 aliphatic carbocycles. The lowest BCUT2D eigenvalue weighted by Crippen LogP contribution is -2.58. The standard InChI is InChI=1S/C19H29F3O2/c1-5-17(4,19(20,21)22)15(23)24-16(2,3)18-9-12-6-13(10-18)8-14(7-12)11-18/h12-14H,5-11H2,1-4H3. The largest absolute Gasteiger partial charge is 0.458 e. The highest BCUT2D eigenvalue weighted by molar-refractivity contribution is 5.77. The van der Waals surface area contributed by atoms with Crippen LogP contribution < -0.4 is 0 Å². The molecule has 0 N–H and O–H groups in total. The summed E-state index contributed by atoms with van der Waals surface area (Å²) < 4.78 is 45.8. The van der Waals surface area contributed by atoms with Crippen LogP contribution >= 0.6 is 0 Å². The number of hydrogen-bond acceptors (Lipinski definition) is 2. The van der Waals surface area contributed by atoms with Crippen molar-refractivity contribution in [3.05, 3.63) is 0 Å². The van der Waals surface area contributed by atoms with Crippen LogP contribution in [0.15, 0.2) is 0 Å². The first-order valence-electron chi connectivity index (χ1n) is 9.22. The maximum Gasteiger partial charge on any atom is 0.404 e. The summed E-state index contributed by atoms with van der Waals surface area (Å²) in [5.41, 5.74) is -3.41. The number of halogens is 3. The Balaban J connectivity index is 1.82. The molecule has 4 fully saturated rings. The molecule has 0 spiro atoms. The Morgan fingerprint density at radius 3 is 1.75 bits per heavy atom. The van der Waals surface area contributed by atoms with E-state index < -0.39 is 23.2 Å². The number of hydrogen-bond donors (Lipinski definition) is 0. The molecule has 0 aromatic heterocycles. The topological polar surface area (TPSA) is 26.3 Å². The molecule has 4 aliphatic rings. The second-order valence-corrected chi connectivity index (χ2v) is 9.28. The summed E-state index contributed by atoms with van der Waals surface area (Å²) in [5, 5.41) is 0. The van der Waals surface area contributed by atoms with Crippen LogP contribution in [0.1, 0.15) is 72.6 Å². The summed E-state index contributed by atoms with van der Waals surface area (Å²) in [7, 11) is 0. The lowest BCUT2D eigenvalue weighted by Gasteiger charge is -2.61. The van der Waals surface area contributed by atoms with Crippen LogP contribution in [-0.2, 0) is 9.53 Å². The highest BCUT2D eigenvalue weighted by Gasteiger charge is 2.62. The van der Waals surface area contributed by atoms with Crippen molar-refractivity contribution in [1.29, 1.82) is 0 Å². The second-order valence-electron chi connectivity index (χ2n) is 9.28. The van der Waals surface area contributed by atoms with E-state index in [1.165, 1.54) is 26.2 Å². The van der Waals surface area contributed by atoms with Gasteiger partial charge in [0.25, 0.3) is 0 Å². The van der Waals surface area contributed by atoms with Crippen molar-refractivity contribution in [2.24, 2.45) is 28.6 Å². The lowest BCUT2D eigenvalue weighted by atomic mass is 9.46. The quantitative estimate of drug-likeness (QED) is 0.628. The van der Waals surface area contributed by atoms with Crippen molar-refractivity contribution in [3.8, 4) is 0 Å². The molecule has 0 amide bonds. The van der Waals surface area contributed by atoms with Crippen LogP contribution in [-0.4, -0.2) is 17.7 Å². The molecule has 0 heterocycles. The van der Waals surface area contributed by atoms with Gasteiger partial charge in [0.15, 0.2) is 5.41 Å². The summed E-state index contributed by atoms with van der Waals surface area (Å²) in [6, 6.07) is 0. The Morgan fingerprint density at radius 1 is 1.00 bits per heavy atom. The predicted molar refractivity (Wildman–Crippen MR) is 85.2 cm³/mol. The van der Waals surface area contributed by atoms with Crippen LogP contribution in [0.25, 0.3) is 0 Å². The van der Waals surface area contributed by atoms with Crippen molar-refractivity contribution in [1.82, 2.24) is 0 Å². The van der Waals surface area contributed by atoms with Crippen molar-refractivity contribution in [2.75, 3.05) is 0 Å². The third-order valence-corrected chi connectivity index (χ3v) is 7.45. The summed E-state index contributed by atoms with van der Waals surface area (Å²) in [5.74, 6) is 0.872. The van der Waals surface area contributed by atoms with E-state index in [0.29, 0.717) is 17.8 Å². The summed E-state index contributed by atoms with van der Waals surface area (Å²) in [4.78, 5) is 12.5. The van der Waals surface area contributed by atoms with Crippen molar-refractivity contribution >= 4 is 5.97 Å². The van der Waals surface area contributed by atoms with Crippen LogP contribution in [0.3, 0.4) is 0 Å². The third-order valence-electron chi connectivity index (χ3n) is 7.45. The zero-order valence-corrected chi connectivity index (χ0v) is 15.1. The van der Waals surface area contributed by atoms with Gasteiger partial charge in [-0.15, -0.1) is 0 Å². The van der Waals surface area contributed by atoms with Gasteiger partial charge in [-0.3, -0.25) is 4.79 Å². The molecule has 0 aliphatic heterocycles. The summed E-state index contributed by atoms with van der Waals surface area (Å²) in [6.07, 6.45) is 1.84. The van der Waals surface area contributed by atoms with Crippen LogP contribution in [0, 0.1) is 28.6 Å². The average Bonchev–Trinajstić information content (AvgIpc) is 2.42. The molecule has 4 saturated carbocycles. The molecule has 138 valence electrons. The molecule has 4 rings (SSSR count). The average molecular weight is 346 g/mol. The van der Waals surface area contributed by atoms with Gasteiger partial charge < -0.3 is 4.74 Å². The zero-order valence-electron chi connectivity index (χ0n) is 15.1. The number of alkyl halides is 3. The van der Waals surface area contributed by atoms with Crippen molar-refractivity contribution < 1.29 is 22.7 Å². The second kappa shape index (κ2) is 5.38. The van der Waals surface area contributed by atoms with Gasteiger partial charge in [0.05, 0.1) is 0 Å². The molecule has 5 heteroatoms. The zero-order chi connectivity index (χ0) is 18.0. The molecule has 2 nitrogen and oxygen atoms in total. The van der Waals surface area contributed by atoms with Gasteiger partial charge in [-0.1, -0.05) is 6.92 Å². The molecule has 0 aromatic carbocycles. The van der Waals surface area contributed by atoms with Gasteiger partial charge in [-0.25, -0.2) is 0 Å². The highest BCUT2D eigenvalue weighted by atomic mass is 19.4. The minimum absolute atomic E-state index is 0.141. The van der Waals surface area contributed by atoms with Gasteiger partial charge in [-0.2, -0.15) is 13.2 Å². The Bertz CT molecular complexity index is 488. The Labute approximate surface area is 142 Å². The third kappa shape index (κ3) is 2.57. The first-order valence-corrected chi connectivity index (χ1v) is 9.22. The Hall–Kier alpha value is -0.740. The molecule has 0 saturated heterocycles. The van der Waals surface area contributed by atoms with E-state index in [1.807, 2.05) is 13.8 Å². The molecule has 4 bridgehead atoms. The van der Waals surface area contributed by atoms with Crippen LogP contribution in [0.5, 0.6) is 0 Å². The highest BCUT2D eigenvalue weighted by Crippen LogP contribution is 2.64. The maximum absolute atomic E-state index is 13.4. The number of carbonyl (C=O) groups is 1. The molecule has 1 unspecified atom stereocenters. The number of carbonyl (C=O) groups excluding carboxylic acids is 1. The first kappa shape index (κ1) is 18.1. The van der Waals surface area contributed by atoms with E-state index in [9.17, 15) is 18.0 Å². The number of ether oxygens (including phenoxy) is 1. The van der Waals surface area contributed by atoms with E-state index in [-0.39, 0.29) is 11.8 Å². The minimum Gasteiger partial charge on any atom is -0.458 e. The SMILES string of the molecule is CCC(C)(C(=O)OC(C)(C)C12CC3CC(CC(C3)C1)C2)C(F)(F)F. The van der Waals surface area contributed by atoms with Gasteiger partial charge in [0.2, 0.25) is 0 Å². The number of rotatable bonds is 4. The van der Waals surface area contributed by atoms with Gasteiger partial charge >= 0.3 is 12.1 Å². The van der Waals surface area contributed by atoms with Gasteiger partial charge in [0, 0.05) is 5.41 Å². The minimum atomic E-state index is -4.59. The normalized spacial score (nSPS) is 38.0. The molecule has 1 atom stereocenters. The Morgan fingerprint density at radius 2 is 1.42 bits per heavy atom. The summed E-state index contributed by atoms with van der Waals surface area (Å²) >= 11 is 0. The van der Waals surface area contributed by atoms with Crippen LogP contribution in [0.4, 0.5) is 13.2 Å². The molecule has 0 radical (unpaired) electrons. The predicted octanol–water partition coefficient (Wildman–Crippen LogP) is 5.50. The molecular formula is C19H29F3O2. The van der Waals surface area contributed by atoms with E-state index in [2.05, 4.69) is 0 Å². The van der Waals surface area contributed by atoms with Crippen molar-refractivity contribution in [2.45, 2.75) is 84.4 Å². The smallest absolute Gasteiger partial charge is 0.404 e.